The highest BCUT2D eigenvalue weighted by Gasteiger charge is 2.24. The molecule has 6 heteroatoms. The zero-order valence-electron chi connectivity index (χ0n) is 13.8. The molecule has 0 amide bonds. The van der Waals surface area contributed by atoms with E-state index in [1.807, 2.05) is 32.9 Å². The lowest BCUT2D eigenvalue weighted by atomic mass is 10.1. The fourth-order valence-electron chi connectivity index (χ4n) is 2.75. The predicted molar refractivity (Wildman–Crippen MR) is 94.2 cm³/mol. The van der Waals surface area contributed by atoms with Gasteiger partial charge in [0, 0.05) is 7.05 Å². The smallest absolute Gasteiger partial charge is 0.264 e. The van der Waals surface area contributed by atoms with E-state index in [0.29, 0.717) is 11.4 Å². The third-order valence-corrected chi connectivity index (χ3v) is 5.78. The topological polar surface area (TPSA) is 46.6 Å². The van der Waals surface area contributed by atoms with Crippen LogP contribution in [-0.4, -0.2) is 22.6 Å². The van der Waals surface area contributed by atoms with Gasteiger partial charge >= 0.3 is 0 Å². The number of anilines is 1. The Labute approximate surface area is 142 Å². The van der Waals surface area contributed by atoms with Gasteiger partial charge in [-0.25, -0.2) is 8.42 Å². The Morgan fingerprint density at radius 3 is 2.09 bits per heavy atom. The van der Waals surface area contributed by atoms with Crippen LogP contribution in [-0.2, 0) is 10.0 Å². The third kappa shape index (κ3) is 3.31. The van der Waals surface area contributed by atoms with Crippen molar-refractivity contribution in [1.82, 2.24) is 0 Å². The van der Waals surface area contributed by atoms with Crippen LogP contribution in [0.25, 0.3) is 0 Å². The van der Waals surface area contributed by atoms with Crippen molar-refractivity contribution in [1.29, 1.82) is 0 Å². The maximum absolute atomic E-state index is 12.9. The highest BCUT2D eigenvalue weighted by molar-refractivity contribution is 7.92. The Morgan fingerprint density at radius 2 is 1.61 bits per heavy atom. The molecule has 4 nitrogen and oxygen atoms in total. The Hall–Kier alpha value is -1.72. The van der Waals surface area contributed by atoms with E-state index >= 15 is 0 Å². The standard InChI is InChI=1S/C17H20ClNO3S/c1-11-8-12(2)17(13(3)9-11)19(4)23(20,21)14-6-7-16(22-5)15(18)10-14/h6-10H,1-5H3. The first-order valence-corrected chi connectivity index (χ1v) is 8.90. The van der Waals surface area contributed by atoms with Gasteiger partial charge < -0.3 is 4.74 Å². The van der Waals surface area contributed by atoms with Crippen LogP contribution < -0.4 is 9.04 Å². The highest BCUT2D eigenvalue weighted by Crippen LogP contribution is 2.32. The molecule has 0 unspecified atom stereocenters. The number of aryl methyl sites for hydroxylation is 3. The van der Waals surface area contributed by atoms with Gasteiger partial charge in [0.25, 0.3) is 10.0 Å². The first-order valence-electron chi connectivity index (χ1n) is 7.08. The zero-order chi connectivity index (χ0) is 17.4. The van der Waals surface area contributed by atoms with Crippen molar-refractivity contribution in [2.24, 2.45) is 0 Å². The van der Waals surface area contributed by atoms with Gasteiger partial charge in [-0.15, -0.1) is 0 Å². The van der Waals surface area contributed by atoms with Gasteiger partial charge in [-0.2, -0.15) is 0 Å². The molecular formula is C17H20ClNO3S. The number of benzene rings is 2. The van der Waals surface area contributed by atoms with Crippen molar-refractivity contribution in [2.45, 2.75) is 25.7 Å². The van der Waals surface area contributed by atoms with Crippen molar-refractivity contribution in [2.75, 3.05) is 18.5 Å². The summed E-state index contributed by atoms with van der Waals surface area (Å²) in [4.78, 5) is 0.130. The molecule has 0 aliphatic carbocycles. The monoisotopic (exact) mass is 353 g/mol. The molecular weight excluding hydrogens is 334 g/mol. The van der Waals surface area contributed by atoms with Crippen LogP contribution >= 0.6 is 11.6 Å². The van der Waals surface area contributed by atoms with Gasteiger partial charge in [-0.1, -0.05) is 29.3 Å². The number of halogens is 1. The Kier molecular flexibility index (Phi) is 4.92. The molecule has 0 atom stereocenters. The van der Waals surface area contributed by atoms with E-state index < -0.39 is 10.0 Å². The zero-order valence-corrected chi connectivity index (χ0v) is 15.4. The van der Waals surface area contributed by atoms with Gasteiger partial charge in [-0.3, -0.25) is 4.31 Å². The SMILES string of the molecule is COc1ccc(S(=O)(=O)N(C)c2c(C)cc(C)cc2C)cc1Cl. The lowest BCUT2D eigenvalue weighted by Gasteiger charge is -2.24. The molecule has 0 heterocycles. The second kappa shape index (κ2) is 6.42. The van der Waals surface area contributed by atoms with Gasteiger partial charge in [0.05, 0.1) is 22.7 Å². The molecule has 0 spiro atoms. The van der Waals surface area contributed by atoms with Crippen molar-refractivity contribution >= 4 is 27.3 Å². The molecule has 124 valence electrons. The maximum Gasteiger partial charge on any atom is 0.264 e. The lowest BCUT2D eigenvalue weighted by Crippen LogP contribution is -2.28. The highest BCUT2D eigenvalue weighted by atomic mass is 35.5. The van der Waals surface area contributed by atoms with Crippen LogP contribution in [0.2, 0.25) is 5.02 Å². The van der Waals surface area contributed by atoms with E-state index in [0.717, 1.165) is 16.7 Å². The molecule has 0 fully saturated rings. The normalized spacial score (nSPS) is 11.4. The molecule has 2 rings (SSSR count). The van der Waals surface area contributed by atoms with Gasteiger partial charge in [0.2, 0.25) is 0 Å². The van der Waals surface area contributed by atoms with E-state index in [1.54, 1.807) is 13.1 Å². The van der Waals surface area contributed by atoms with Gasteiger partial charge in [-0.05, 0) is 50.1 Å². The third-order valence-electron chi connectivity index (χ3n) is 3.73. The van der Waals surface area contributed by atoms with Crippen LogP contribution in [0, 0.1) is 20.8 Å². The number of ether oxygens (including phenoxy) is 1. The largest absolute Gasteiger partial charge is 0.495 e. The van der Waals surface area contributed by atoms with E-state index in [4.69, 9.17) is 16.3 Å². The van der Waals surface area contributed by atoms with Crippen molar-refractivity contribution < 1.29 is 13.2 Å². The summed E-state index contributed by atoms with van der Waals surface area (Å²) in [5.41, 5.74) is 3.60. The van der Waals surface area contributed by atoms with E-state index in [2.05, 4.69) is 0 Å². The molecule has 0 aliphatic heterocycles. The van der Waals surface area contributed by atoms with Crippen molar-refractivity contribution in [3.63, 3.8) is 0 Å². The minimum atomic E-state index is -3.70. The summed E-state index contributed by atoms with van der Waals surface area (Å²) in [5, 5.41) is 0.263. The Bertz CT molecular complexity index is 824. The summed E-state index contributed by atoms with van der Waals surface area (Å²) in [6.45, 7) is 5.80. The predicted octanol–water partition coefficient (Wildman–Crippen LogP) is 4.10. The first kappa shape index (κ1) is 17.6. The summed E-state index contributed by atoms with van der Waals surface area (Å²) in [7, 11) is -0.664. The molecule has 0 radical (unpaired) electrons. The molecule has 0 saturated carbocycles. The van der Waals surface area contributed by atoms with Crippen molar-refractivity contribution in [3.05, 3.63) is 52.0 Å². The molecule has 0 aliphatic rings. The van der Waals surface area contributed by atoms with E-state index in [-0.39, 0.29) is 9.92 Å². The fraction of sp³-hybridized carbons (Fsp3) is 0.294. The van der Waals surface area contributed by atoms with Gasteiger partial charge in [0.15, 0.2) is 0 Å². The van der Waals surface area contributed by atoms with Crippen LogP contribution in [0.4, 0.5) is 5.69 Å². The second-order valence-corrected chi connectivity index (χ2v) is 7.89. The van der Waals surface area contributed by atoms with Crippen LogP contribution in [0.5, 0.6) is 5.75 Å². The Morgan fingerprint density at radius 1 is 1.04 bits per heavy atom. The molecule has 0 aromatic heterocycles. The number of methoxy groups -OCH3 is 1. The molecule has 23 heavy (non-hydrogen) atoms. The summed E-state index contributed by atoms with van der Waals surface area (Å²) in [6.07, 6.45) is 0. The Balaban J connectivity index is 2.54. The average Bonchev–Trinajstić information content (AvgIpc) is 2.45. The van der Waals surface area contributed by atoms with E-state index in [1.165, 1.54) is 23.5 Å². The number of rotatable bonds is 4. The summed E-state index contributed by atoms with van der Waals surface area (Å²) in [5.74, 6) is 0.441. The second-order valence-electron chi connectivity index (χ2n) is 5.52. The van der Waals surface area contributed by atoms with Crippen LogP contribution in [0.15, 0.2) is 35.2 Å². The molecule has 2 aromatic rings. The van der Waals surface area contributed by atoms with Crippen LogP contribution in [0.3, 0.4) is 0 Å². The molecule has 0 saturated heterocycles. The first-order chi connectivity index (χ1) is 10.7. The summed E-state index contributed by atoms with van der Waals surface area (Å²) < 4.78 is 32.2. The maximum atomic E-state index is 12.9. The number of sulfonamides is 1. The summed E-state index contributed by atoms with van der Waals surface area (Å²) in [6, 6.07) is 8.39. The molecule has 2 aromatic carbocycles. The molecule has 0 N–H and O–H groups in total. The van der Waals surface area contributed by atoms with Crippen LogP contribution in [0.1, 0.15) is 16.7 Å². The van der Waals surface area contributed by atoms with Crippen molar-refractivity contribution in [3.8, 4) is 5.75 Å². The minimum absolute atomic E-state index is 0.130. The quantitative estimate of drug-likeness (QED) is 0.831. The summed E-state index contributed by atoms with van der Waals surface area (Å²) >= 11 is 6.06. The minimum Gasteiger partial charge on any atom is -0.495 e. The molecule has 0 bridgehead atoms. The number of nitrogens with zero attached hydrogens (tertiary/aromatic N) is 1. The fourth-order valence-corrected chi connectivity index (χ4v) is 4.43. The van der Waals surface area contributed by atoms with Gasteiger partial charge in [0.1, 0.15) is 5.75 Å². The van der Waals surface area contributed by atoms with E-state index in [9.17, 15) is 8.42 Å². The number of hydrogen-bond acceptors (Lipinski definition) is 3. The number of hydrogen-bond donors (Lipinski definition) is 0. The average molecular weight is 354 g/mol. The lowest BCUT2D eigenvalue weighted by molar-refractivity contribution is 0.414.